The third-order valence-corrected chi connectivity index (χ3v) is 4.71. The molecule has 5 unspecified atom stereocenters. The Labute approximate surface area is 92.7 Å². The second-order valence-corrected chi connectivity index (χ2v) is 5.77. The lowest BCUT2D eigenvalue weighted by Crippen LogP contribution is -2.28. The molecule has 2 fully saturated rings. The molecule has 0 aromatic rings. The van der Waals surface area contributed by atoms with Gasteiger partial charge in [-0.1, -0.05) is 6.92 Å². The van der Waals surface area contributed by atoms with E-state index >= 15 is 0 Å². The lowest BCUT2D eigenvalue weighted by atomic mass is 9.69. The quantitative estimate of drug-likeness (QED) is 0.751. The average molecular weight is 212 g/mol. The Bertz CT molecular complexity index is 205. The summed E-state index contributed by atoms with van der Waals surface area (Å²) in [5, 5.41) is 18.2. The van der Waals surface area contributed by atoms with Crippen molar-refractivity contribution in [1.29, 1.82) is 0 Å². The van der Waals surface area contributed by atoms with Crippen LogP contribution in [0.3, 0.4) is 0 Å². The van der Waals surface area contributed by atoms with Crippen molar-refractivity contribution in [2.24, 2.45) is 29.6 Å². The molecule has 2 aliphatic carbocycles. The molecule has 2 rings (SSSR count). The highest BCUT2D eigenvalue weighted by Gasteiger charge is 2.41. The molecule has 0 aromatic carbocycles. The summed E-state index contributed by atoms with van der Waals surface area (Å²) in [6.45, 7) is 3.09. The van der Waals surface area contributed by atoms with Crippen molar-refractivity contribution in [3.63, 3.8) is 0 Å². The Kier molecular flexibility index (Phi) is 3.68. The molecular weight excluding hydrogens is 188 g/mol. The van der Waals surface area contributed by atoms with Crippen LogP contribution in [0.5, 0.6) is 0 Å². The number of aliphatic hydroxyl groups is 2. The van der Waals surface area contributed by atoms with Gasteiger partial charge in [0.05, 0.1) is 0 Å². The molecule has 2 saturated carbocycles. The van der Waals surface area contributed by atoms with Gasteiger partial charge in [-0.2, -0.15) is 0 Å². The minimum atomic E-state index is 0.345. The average Bonchev–Trinajstić information content (AvgIpc) is 2.62. The van der Waals surface area contributed by atoms with Crippen molar-refractivity contribution in [3.8, 4) is 0 Å². The zero-order valence-corrected chi connectivity index (χ0v) is 9.73. The zero-order chi connectivity index (χ0) is 10.8. The van der Waals surface area contributed by atoms with Gasteiger partial charge >= 0.3 is 0 Å². The first-order valence-electron chi connectivity index (χ1n) is 6.46. The van der Waals surface area contributed by atoms with Crippen LogP contribution < -0.4 is 0 Å². The number of rotatable bonds is 3. The highest BCUT2D eigenvalue weighted by atomic mass is 16.3. The van der Waals surface area contributed by atoms with Gasteiger partial charge in [0.2, 0.25) is 0 Å². The largest absolute Gasteiger partial charge is 0.396 e. The molecule has 2 N–H and O–H groups in total. The molecule has 0 bridgehead atoms. The molecule has 0 radical (unpaired) electrons. The molecule has 15 heavy (non-hydrogen) atoms. The van der Waals surface area contributed by atoms with Crippen molar-refractivity contribution in [3.05, 3.63) is 0 Å². The van der Waals surface area contributed by atoms with Crippen molar-refractivity contribution < 1.29 is 10.2 Å². The van der Waals surface area contributed by atoms with Gasteiger partial charge in [0, 0.05) is 13.2 Å². The summed E-state index contributed by atoms with van der Waals surface area (Å²) >= 11 is 0. The van der Waals surface area contributed by atoms with Crippen LogP contribution in [-0.4, -0.2) is 23.4 Å². The number of hydrogen-bond donors (Lipinski definition) is 2. The topological polar surface area (TPSA) is 40.5 Å². The first-order valence-corrected chi connectivity index (χ1v) is 6.46. The number of hydrogen-bond acceptors (Lipinski definition) is 2. The lowest BCUT2D eigenvalue weighted by molar-refractivity contribution is 0.120. The number of fused-ring (bicyclic) bond motifs is 1. The van der Waals surface area contributed by atoms with E-state index in [0.29, 0.717) is 19.1 Å². The van der Waals surface area contributed by atoms with Gasteiger partial charge in [-0.25, -0.2) is 0 Å². The monoisotopic (exact) mass is 212 g/mol. The lowest BCUT2D eigenvalue weighted by Gasteiger charge is -2.36. The fourth-order valence-corrected chi connectivity index (χ4v) is 4.04. The van der Waals surface area contributed by atoms with E-state index in [1.807, 2.05) is 0 Å². The second kappa shape index (κ2) is 4.84. The first kappa shape index (κ1) is 11.4. The predicted octanol–water partition coefficient (Wildman–Crippen LogP) is 2.05. The van der Waals surface area contributed by atoms with Crippen LogP contribution in [0.4, 0.5) is 0 Å². The maximum Gasteiger partial charge on any atom is 0.0459 e. The van der Waals surface area contributed by atoms with Gasteiger partial charge in [0.15, 0.2) is 0 Å². The molecule has 0 heterocycles. The van der Waals surface area contributed by atoms with E-state index in [4.69, 9.17) is 5.11 Å². The molecule has 0 aliphatic heterocycles. The molecule has 5 atom stereocenters. The summed E-state index contributed by atoms with van der Waals surface area (Å²) in [4.78, 5) is 0. The summed E-state index contributed by atoms with van der Waals surface area (Å²) in [6.07, 6.45) is 6.05. The normalized spacial score (nSPS) is 45.4. The molecule has 0 amide bonds. The van der Waals surface area contributed by atoms with E-state index in [9.17, 15) is 5.11 Å². The molecule has 2 heteroatoms. The molecule has 2 nitrogen and oxygen atoms in total. The highest BCUT2D eigenvalue weighted by Crippen LogP contribution is 2.49. The van der Waals surface area contributed by atoms with Crippen LogP contribution in [0.25, 0.3) is 0 Å². The minimum absolute atomic E-state index is 0.345. The summed E-state index contributed by atoms with van der Waals surface area (Å²) in [6, 6.07) is 0. The van der Waals surface area contributed by atoms with Gasteiger partial charge in [0.1, 0.15) is 0 Å². The summed E-state index contributed by atoms with van der Waals surface area (Å²) in [5.41, 5.74) is 0. The molecule has 88 valence electrons. The van der Waals surface area contributed by atoms with E-state index in [0.717, 1.165) is 30.1 Å². The van der Waals surface area contributed by atoms with E-state index in [-0.39, 0.29) is 0 Å². The second-order valence-electron chi connectivity index (χ2n) is 5.77. The van der Waals surface area contributed by atoms with Crippen molar-refractivity contribution >= 4 is 0 Å². The SMILES string of the molecule is CC1CC(CCO)CC2CC(CO)CC12. The standard InChI is InChI=1S/C13H24O2/c1-9-4-10(2-3-14)5-12-6-11(8-15)7-13(9)12/h9-15H,2-8H2,1H3. The zero-order valence-electron chi connectivity index (χ0n) is 9.73. The molecule has 2 aliphatic rings. The van der Waals surface area contributed by atoms with Gasteiger partial charge in [-0.05, 0) is 61.7 Å². The third kappa shape index (κ3) is 2.36. The first-order chi connectivity index (χ1) is 7.24. The Morgan fingerprint density at radius 2 is 1.73 bits per heavy atom. The van der Waals surface area contributed by atoms with Crippen LogP contribution in [-0.2, 0) is 0 Å². The van der Waals surface area contributed by atoms with Crippen molar-refractivity contribution in [2.45, 2.75) is 39.0 Å². The Balaban J connectivity index is 1.94. The van der Waals surface area contributed by atoms with E-state index in [1.165, 1.54) is 25.7 Å². The van der Waals surface area contributed by atoms with Crippen LogP contribution in [0.1, 0.15) is 39.0 Å². The fourth-order valence-electron chi connectivity index (χ4n) is 4.04. The van der Waals surface area contributed by atoms with Crippen LogP contribution in [0, 0.1) is 29.6 Å². The summed E-state index contributed by atoms with van der Waals surface area (Å²) in [7, 11) is 0. The van der Waals surface area contributed by atoms with Gasteiger partial charge < -0.3 is 10.2 Å². The predicted molar refractivity (Wildman–Crippen MR) is 60.4 cm³/mol. The van der Waals surface area contributed by atoms with Crippen molar-refractivity contribution in [1.82, 2.24) is 0 Å². The molecule has 0 aromatic heterocycles. The van der Waals surface area contributed by atoms with Crippen LogP contribution in [0.15, 0.2) is 0 Å². The van der Waals surface area contributed by atoms with Gasteiger partial charge in [0.25, 0.3) is 0 Å². The summed E-state index contributed by atoms with van der Waals surface area (Å²) < 4.78 is 0. The van der Waals surface area contributed by atoms with Gasteiger partial charge in [-0.3, -0.25) is 0 Å². The van der Waals surface area contributed by atoms with E-state index in [2.05, 4.69) is 6.92 Å². The highest BCUT2D eigenvalue weighted by molar-refractivity contribution is 4.91. The maximum atomic E-state index is 9.23. The smallest absolute Gasteiger partial charge is 0.0459 e. The molecule has 0 saturated heterocycles. The van der Waals surface area contributed by atoms with Gasteiger partial charge in [-0.15, -0.1) is 0 Å². The van der Waals surface area contributed by atoms with E-state index < -0.39 is 0 Å². The Morgan fingerprint density at radius 1 is 1.00 bits per heavy atom. The third-order valence-electron chi connectivity index (χ3n) is 4.71. The summed E-state index contributed by atoms with van der Waals surface area (Å²) in [5.74, 6) is 3.80. The minimum Gasteiger partial charge on any atom is -0.396 e. The Hall–Kier alpha value is -0.0800. The van der Waals surface area contributed by atoms with Crippen molar-refractivity contribution in [2.75, 3.05) is 13.2 Å². The van der Waals surface area contributed by atoms with Crippen LogP contribution >= 0.6 is 0 Å². The number of aliphatic hydroxyl groups excluding tert-OH is 2. The maximum absolute atomic E-state index is 9.23. The molecule has 0 spiro atoms. The Morgan fingerprint density at radius 3 is 2.40 bits per heavy atom. The van der Waals surface area contributed by atoms with E-state index in [1.54, 1.807) is 0 Å². The molecular formula is C13H24O2. The van der Waals surface area contributed by atoms with Crippen LogP contribution in [0.2, 0.25) is 0 Å². The fraction of sp³-hybridized carbons (Fsp3) is 1.00.